The molecule has 0 saturated heterocycles. The first-order chi connectivity index (χ1) is 10.6. The minimum absolute atomic E-state index is 0.0776. The molecule has 0 bridgehead atoms. The minimum atomic E-state index is -0.139. The van der Waals surface area contributed by atoms with Crippen molar-refractivity contribution in [2.75, 3.05) is 0 Å². The Morgan fingerprint density at radius 3 is 2.73 bits per heavy atom. The topological polar surface area (TPSA) is 74.8 Å². The first kappa shape index (κ1) is 14.0. The third-order valence-corrected chi connectivity index (χ3v) is 3.49. The summed E-state index contributed by atoms with van der Waals surface area (Å²) in [6.07, 6.45) is 3.17. The van der Waals surface area contributed by atoms with Crippen LogP contribution in [0.5, 0.6) is 0 Å². The van der Waals surface area contributed by atoms with Crippen molar-refractivity contribution in [1.82, 2.24) is 15.3 Å². The lowest BCUT2D eigenvalue weighted by atomic mass is 10.1. The van der Waals surface area contributed by atoms with Gasteiger partial charge in [-0.05, 0) is 48.2 Å². The summed E-state index contributed by atoms with van der Waals surface area (Å²) in [7, 11) is 0. The number of hydrogen-bond donors (Lipinski definition) is 2. The van der Waals surface area contributed by atoms with Crippen molar-refractivity contribution in [1.29, 1.82) is 0 Å². The molecule has 110 valence electrons. The molecule has 3 rings (SSSR count). The van der Waals surface area contributed by atoms with Crippen LogP contribution in [0.25, 0.3) is 10.9 Å². The molecule has 5 nitrogen and oxygen atoms in total. The predicted octanol–water partition coefficient (Wildman–Crippen LogP) is 2.16. The van der Waals surface area contributed by atoms with Gasteiger partial charge >= 0.3 is 0 Å². The van der Waals surface area contributed by atoms with Crippen LogP contribution < -0.4 is 10.9 Å². The Balaban J connectivity index is 1.78. The molecule has 0 unspecified atom stereocenters. The lowest BCUT2D eigenvalue weighted by molar-refractivity contribution is 0.0951. The van der Waals surface area contributed by atoms with Crippen LogP contribution in [0.1, 0.15) is 21.5 Å². The number of nitrogens with zero attached hydrogens (tertiary/aromatic N) is 1. The second kappa shape index (κ2) is 5.81. The van der Waals surface area contributed by atoms with Crippen molar-refractivity contribution in [3.8, 4) is 0 Å². The summed E-state index contributed by atoms with van der Waals surface area (Å²) in [4.78, 5) is 30.3. The second-order valence-electron chi connectivity index (χ2n) is 5.12. The third-order valence-electron chi connectivity index (χ3n) is 3.49. The lowest BCUT2D eigenvalue weighted by Crippen LogP contribution is -2.22. The van der Waals surface area contributed by atoms with E-state index in [-0.39, 0.29) is 11.5 Å². The van der Waals surface area contributed by atoms with E-state index in [4.69, 9.17) is 0 Å². The van der Waals surface area contributed by atoms with Crippen LogP contribution in [-0.2, 0) is 6.54 Å². The molecule has 22 heavy (non-hydrogen) atoms. The van der Waals surface area contributed by atoms with Crippen LogP contribution in [0.2, 0.25) is 0 Å². The average Bonchev–Trinajstić information content (AvgIpc) is 2.54. The molecule has 0 saturated carbocycles. The summed E-state index contributed by atoms with van der Waals surface area (Å²) >= 11 is 0. The van der Waals surface area contributed by atoms with Crippen LogP contribution in [-0.4, -0.2) is 15.9 Å². The van der Waals surface area contributed by atoms with Crippen molar-refractivity contribution >= 4 is 16.8 Å². The molecule has 2 heterocycles. The lowest BCUT2D eigenvalue weighted by Gasteiger charge is -2.07. The number of carbonyl (C=O) groups excluding carboxylic acids is 1. The van der Waals surface area contributed by atoms with Gasteiger partial charge in [-0.15, -0.1) is 0 Å². The van der Waals surface area contributed by atoms with E-state index in [1.54, 1.807) is 31.5 Å². The predicted molar refractivity (Wildman–Crippen MR) is 84.7 cm³/mol. The summed E-state index contributed by atoms with van der Waals surface area (Å²) < 4.78 is 0. The Bertz CT molecular complexity index is 885. The van der Waals surface area contributed by atoms with Crippen LogP contribution in [0.15, 0.2) is 53.6 Å². The Hall–Kier alpha value is -2.95. The van der Waals surface area contributed by atoms with E-state index in [0.29, 0.717) is 17.7 Å². The van der Waals surface area contributed by atoms with Crippen molar-refractivity contribution in [3.05, 3.63) is 75.8 Å². The summed E-state index contributed by atoms with van der Waals surface area (Å²) in [5.74, 6) is -0.139. The molecule has 0 atom stereocenters. The van der Waals surface area contributed by atoms with Gasteiger partial charge < -0.3 is 10.3 Å². The monoisotopic (exact) mass is 293 g/mol. The highest BCUT2D eigenvalue weighted by atomic mass is 16.1. The van der Waals surface area contributed by atoms with Gasteiger partial charge in [-0.1, -0.05) is 6.07 Å². The Labute approximate surface area is 127 Å². The van der Waals surface area contributed by atoms with E-state index in [1.807, 2.05) is 24.3 Å². The molecule has 0 aliphatic heterocycles. The van der Waals surface area contributed by atoms with Crippen molar-refractivity contribution in [3.63, 3.8) is 0 Å². The number of pyridine rings is 2. The van der Waals surface area contributed by atoms with Gasteiger partial charge in [0.2, 0.25) is 0 Å². The molecule has 3 aromatic rings. The molecule has 5 heteroatoms. The highest BCUT2D eigenvalue weighted by molar-refractivity contribution is 5.94. The number of aromatic nitrogens is 2. The van der Waals surface area contributed by atoms with E-state index in [0.717, 1.165) is 16.5 Å². The minimum Gasteiger partial charge on any atom is -0.348 e. The number of aromatic amines is 1. The van der Waals surface area contributed by atoms with E-state index in [9.17, 15) is 9.59 Å². The fourth-order valence-corrected chi connectivity index (χ4v) is 2.26. The molecule has 0 aliphatic carbocycles. The van der Waals surface area contributed by atoms with Crippen molar-refractivity contribution < 1.29 is 4.79 Å². The quantitative estimate of drug-likeness (QED) is 0.777. The maximum absolute atomic E-state index is 12.0. The molecule has 0 fully saturated rings. The average molecular weight is 293 g/mol. The van der Waals surface area contributed by atoms with Crippen LogP contribution in [0.3, 0.4) is 0 Å². The van der Waals surface area contributed by atoms with E-state index in [1.165, 1.54) is 0 Å². The number of benzene rings is 1. The number of carbonyl (C=O) groups is 1. The van der Waals surface area contributed by atoms with E-state index < -0.39 is 0 Å². The molecule has 2 N–H and O–H groups in total. The maximum Gasteiger partial charge on any atom is 0.251 e. The van der Waals surface area contributed by atoms with Crippen molar-refractivity contribution in [2.24, 2.45) is 0 Å². The van der Waals surface area contributed by atoms with Crippen molar-refractivity contribution in [2.45, 2.75) is 13.5 Å². The SMILES string of the molecule is Cc1cc2cc(CNC(=O)c3ccncc3)ccc2[nH]c1=O. The van der Waals surface area contributed by atoms with Gasteiger partial charge in [0.15, 0.2) is 0 Å². The summed E-state index contributed by atoms with van der Waals surface area (Å²) in [5, 5.41) is 3.82. The number of hydrogen-bond acceptors (Lipinski definition) is 3. The van der Waals surface area contributed by atoms with Gasteiger partial charge in [-0.2, -0.15) is 0 Å². The smallest absolute Gasteiger partial charge is 0.251 e. The fourth-order valence-electron chi connectivity index (χ4n) is 2.26. The number of amides is 1. The first-order valence-electron chi connectivity index (χ1n) is 6.94. The van der Waals surface area contributed by atoms with E-state index >= 15 is 0 Å². The zero-order chi connectivity index (χ0) is 15.5. The largest absolute Gasteiger partial charge is 0.348 e. The number of aryl methyl sites for hydroxylation is 1. The molecular formula is C17H15N3O2. The summed E-state index contributed by atoms with van der Waals surface area (Å²) in [6.45, 7) is 2.20. The Morgan fingerprint density at radius 1 is 1.18 bits per heavy atom. The maximum atomic E-state index is 12.0. The Kier molecular flexibility index (Phi) is 3.70. The number of nitrogens with one attached hydrogen (secondary N) is 2. The van der Waals surface area contributed by atoms with Gasteiger partial charge in [0.25, 0.3) is 11.5 Å². The molecule has 1 amide bonds. The van der Waals surface area contributed by atoms with Gasteiger partial charge in [0.05, 0.1) is 0 Å². The molecular weight excluding hydrogens is 278 g/mol. The van der Waals surface area contributed by atoms with Crippen LogP contribution in [0.4, 0.5) is 0 Å². The van der Waals surface area contributed by atoms with E-state index in [2.05, 4.69) is 15.3 Å². The molecule has 0 aliphatic rings. The fraction of sp³-hybridized carbons (Fsp3) is 0.118. The highest BCUT2D eigenvalue weighted by Crippen LogP contribution is 2.13. The summed E-state index contributed by atoms with van der Waals surface area (Å²) in [6, 6.07) is 10.9. The molecule has 0 radical (unpaired) electrons. The Morgan fingerprint density at radius 2 is 1.95 bits per heavy atom. The van der Waals surface area contributed by atoms with Gasteiger partial charge in [-0.25, -0.2) is 0 Å². The number of fused-ring (bicyclic) bond motifs is 1. The molecule has 2 aromatic heterocycles. The third kappa shape index (κ3) is 2.88. The standard InChI is InChI=1S/C17H15N3O2/c1-11-8-14-9-12(2-3-15(14)20-16(11)21)10-19-17(22)13-4-6-18-7-5-13/h2-9H,10H2,1H3,(H,19,22)(H,20,21). The van der Waals surface area contributed by atoms with Gasteiger partial charge in [-0.3, -0.25) is 14.6 Å². The normalized spacial score (nSPS) is 10.6. The second-order valence-corrected chi connectivity index (χ2v) is 5.12. The van der Waals surface area contributed by atoms with Crippen LogP contribution >= 0.6 is 0 Å². The van der Waals surface area contributed by atoms with Gasteiger partial charge in [0.1, 0.15) is 0 Å². The summed E-state index contributed by atoms with van der Waals surface area (Å²) in [5.41, 5.74) is 2.94. The highest BCUT2D eigenvalue weighted by Gasteiger charge is 2.05. The van der Waals surface area contributed by atoms with Crippen LogP contribution in [0, 0.1) is 6.92 Å². The first-order valence-corrected chi connectivity index (χ1v) is 6.94. The number of H-pyrrole nitrogens is 1. The number of rotatable bonds is 3. The molecule has 0 spiro atoms. The zero-order valence-electron chi connectivity index (χ0n) is 12.1. The zero-order valence-corrected chi connectivity index (χ0v) is 12.1. The van der Waals surface area contributed by atoms with Gasteiger partial charge in [0, 0.05) is 35.6 Å². The molecule has 1 aromatic carbocycles.